The molecule has 0 unspecified atom stereocenters. The van der Waals surface area contributed by atoms with Gasteiger partial charge in [-0.3, -0.25) is 25.1 Å². The van der Waals surface area contributed by atoms with Gasteiger partial charge in [0.1, 0.15) is 0 Å². The van der Waals surface area contributed by atoms with Crippen LogP contribution >= 0.6 is 0 Å². The van der Waals surface area contributed by atoms with Crippen LogP contribution < -0.4 is 5.32 Å². The van der Waals surface area contributed by atoms with E-state index in [1.165, 1.54) is 18.6 Å². The molecule has 0 aromatic heterocycles. The predicted molar refractivity (Wildman–Crippen MR) is 105 cm³/mol. The number of oxime groups is 1. The molecule has 0 spiro atoms. The van der Waals surface area contributed by atoms with Gasteiger partial charge in [0.15, 0.2) is 0 Å². The second-order valence-corrected chi connectivity index (χ2v) is 7.50. The Hall–Kier alpha value is -3.04. The Bertz CT molecular complexity index is 819. The highest BCUT2D eigenvalue weighted by molar-refractivity contribution is 5.92. The highest BCUT2D eigenvalue weighted by atomic mass is 16.7. The van der Waals surface area contributed by atoms with Crippen molar-refractivity contribution in [2.24, 2.45) is 5.16 Å². The average Bonchev–Trinajstić information content (AvgIpc) is 2.72. The van der Waals surface area contributed by atoms with Gasteiger partial charge >= 0.3 is 6.09 Å². The van der Waals surface area contributed by atoms with Gasteiger partial charge in [0.25, 0.3) is 11.4 Å². The van der Waals surface area contributed by atoms with Crippen LogP contribution in [-0.4, -0.2) is 27.7 Å². The number of hydrogen-bond donors (Lipinski definition) is 1. The van der Waals surface area contributed by atoms with Gasteiger partial charge in [0, 0.05) is 23.6 Å². The van der Waals surface area contributed by atoms with Crippen LogP contribution in [0, 0.1) is 20.2 Å². The normalized spacial score (nSPS) is 21.5. The minimum Gasteiger partial charge on any atom is -0.317 e. The molecule has 0 radical (unpaired) electrons. The van der Waals surface area contributed by atoms with E-state index >= 15 is 0 Å². The highest BCUT2D eigenvalue weighted by Gasteiger charge is 2.31. The number of benzene rings is 1. The zero-order valence-corrected chi connectivity index (χ0v) is 16.0. The minimum absolute atomic E-state index is 0.0920. The van der Waals surface area contributed by atoms with Gasteiger partial charge in [0.05, 0.1) is 21.6 Å². The first-order chi connectivity index (χ1) is 14.0. The van der Waals surface area contributed by atoms with Gasteiger partial charge in [-0.1, -0.05) is 30.8 Å². The van der Waals surface area contributed by atoms with Crippen LogP contribution in [0.5, 0.6) is 0 Å². The molecule has 2 fully saturated rings. The van der Waals surface area contributed by atoms with Crippen LogP contribution in [-0.2, 0) is 4.84 Å². The maximum atomic E-state index is 12.1. The third kappa shape index (κ3) is 5.27. The van der Waals surface area contributed by atoms with E-state index in [1.807, 2.05) is 0 Å². The van der Waals surface area contributed by atoms with Crippen LogP contribution in [0.2, 0.25) is 0 Å². The number of nitrogens with one attached hydrogen (secondary N) is 1. The molecule has 1 N–H and O–H groups in total. The first kappa shape index (κ1) is 20.7. The number of nitrogens with zero attached hydrogens (tertiary/aromatic N) is 3. The Kier molecular flexibility index (Phi) is 6.73. The van der Waals surface area contributed by atoms with E-state index in [0.717, 1.165) is 44.6 Å². The summed E-state index contributed by atoms with van der Waals surface area (Å²) in [5.74, 6) is -0.410. The first-order valence-electron chi connectivity index (χ1n) is 9.92. The van der Waals surface area contributed by atoms with Gasteiger partial charge in [-0.2, -0.15) is 0 Å². The Morgan fingerprint density at radius 1 is 1.03 bits per heavy atom. The van der Waals surface area contributed by atoms with Crippen molar-refractivity contribution in [1.82, 2.24) is 5.32 Å². The number of non-ortho nitro benzene ring substituents is 1. The maximum absolute atomic E-state index is 12.1. The number of nitro benzene ring substituents is 2. The topological polar surface area (TPSA) is 137 Å². The van der Waals surface area contributed by atoms with Gasteiger partial charge in [-0.25, -0.2) is 4.79 Å². The number of carbonyl (C=O) groups is 1. The summed E-state index contributed by atoms with van der Waals surface area (Å²) in [5.41, 5.74) is 0.255. The van der Waals surface area contributed by atoms with Crippen molar-refractivity contribution in [3.05, 3.63) is 44.0 Å². The van der Waals surface area contributed by atoms with E-state index in [0.29, 0.717) is 24.1 Å². The summed E-state index contributed by atoms with van der Waals surface area (Å²) in [6.45, 7) is 0. The molecule has 29 heavy (non-hydrogen) atoms. The molecule has 0 bridgehead atoms. The van der Waals surface area contributed by atoms with Gasteiger partial charge in [-0.05, 0) is 38.2 Å². The largest absolute Gasteiger partial charge is 0.433 e. The number of rotatable bonds is 5. The summed E-state index contributed by atoms with van der Waals surface area (Å²) in [4.78, 5) is 38.3. The zero-order chi connectivity index (χ0) is 20.8. The van der Waals surface area contributed by atoms with Gasteiger partial charge in [0.2, 0.25) is 0 Å². The fourth-order valence-electron chi connectivity index (χ4n) is 4.08. The van der Waals surface area contributed by atoms with Crippen molar-refractivity contribution in [1.29, 1.82) is 0 Å². The van der Waals surface area contributed by atoms with Crippen LogP contribution in [0.25, 0.3) is 0 Å². The second kappa shape index (κ2) is 9.44. The molecule has 10 heteroatoms. The Labute approximate surface area is 167 Å². The number of nitro groups is 2. The van der Waals surface area contributed by atoms with Crippen LogP contribution in [0.15, 0.2) is 23.4 Å². The third-order valence-corrected chi connectivity index (χ3v) is 5.55. The van der Waals surface area contributed by atoms with E-state index in [9.17, 15) is 25.0 Å². The van der Waals surface area contributed by atoms with E-state index < -0.39 is 21.9 Å². The average molecular weight is 404 g/mol. The third-order valence-electron chi connectivity index (χ3n) is 5.55. The summed E-state index contributed by atoms with van der Waals surface area (Å²) < 4.78 is 0. The lowest BCUT2D eigenvalue weighted by Gasteiger charge is -2.24. The molecule has 0 heterocycles. The van der Waals surface area contributed by atoms with E-state index in [-0.39, 0.29) is 17.4 Å². The molecule has 1 atom stereocenters. The molecular formula is C19H24N4O6. The van der Waals surface area contributed by atoms with Crippen molar-refractivity contribution in [3.63, 3.8) is 0 Å². The second-order valence-electron chi connectivity index (χ2n) is 7.50. The van der Waals surface area contributed by atoms with Crippen molar-refractivity contribution in [2.45, 2.75) is 69.7 Å². The van der Waals surface area contributed by atoms with E-state index in [2.05, 4.69) is 10.5 Å². The first-order valence-corrected chi connectivity index (χ1v) is 9.92. The summed E-state index contributed by atoms with van der Waals surface area (Å²) in [6, 6.07) is 3.72. The summed E-state index contributed by atoms with van der Waals surface area (Å²) in [7, 11) is 0. The molecule has 0 saturated heterocycles. The molecule has 0 aliphatic heterocycles. The van der Waals surface area contributed by atoms with Crippen LogP contribution in [0.3, 0.4) is 0 Å². The van der Waals surface area contributed by atoms with Gasteiger partial charge < -0.3 is 5.32 Å². The Morgan fingerprint density at radius 3 is 2.45 bits per heavy atom. The van der Waals surface area contributed by atoms with Crippen LogP contribution in [0.4, 0.5) is 16.2 Å². The molecule has 2 aliphatic rings. The quantitative estimate of drug-likeness (QED) is 0.433. The molecule has 1 amide bonds. The van der Waals surface area contributed by atoms with Crippen molar-refractivity contribution in [3.8, 4) is 0 Å². The number of carbonyl (C=O) groups excluding carboxylic acids is 1. The fraction of sp³-hybridized carbons (Fsp3) is 0.579. The molecule has 1 aromatic rings. The molecule has 1 aromatic carbocycles. The summed E-state index contributed by atoms with van der Waals surface area (Å²) >= 11 is 0. The molecule has 3 rings (SSSR count). The molecule has 10 nitrogen and oxygen atoms in total. The van der Waals surface area contributed by atoms with E-state index in [1.54, 1.807) is 0 Å². The Morgan fingerprint density at radius 2 is 1.76 bits per heavy atom. The SMILES string of the molecule is O=C(NC1CCCCC1)O/N=C1/CCCC[C@@H]1c1ccc([N+](=O)[O-])cc1[N+](=O)[O-]. The fourth-order valence-corrected chi connectivity index (χ4v) is 4.08. The smallest absolute Gasteiger partial charge is 0.317 e. The summed E-state index contributed by atoms with van der Waals surface area (Å²) in [5, 5.41) is 29.3. The molecule has 2 saturated carbocycles. The molecular weight excluding hydrogens is 380 g/mol. The van der Waals surface area contributed by atoms with E-state index in [4.69, 9.17) is 4.84 Å². The van der Waals surface area contributed by atoms with Crippen molar-refractivity contribution >= 4 is 23.2 Å². The monoisotopic (exact) mass is 404 g/mol. The predicted octanol–water partition coefficient (Wildman–Crippen LogP) is 4.58. The van der Waals surface area contributed by atoms with Crippen LogP contribution in [0.1, 0.15) is 69.3 Å². The maximum Gasteiger partial charge on any atom is 0.433 e. The zero-order valence-electron chi connectivity index (χ0n) is 16.0. The summed E-state index contributed by atoms with van der Waals surface area (Å²) in [6.07, 6.45) is 7.37. The lowest BCUT2D eigenvalue weighted by molar-refractivity contribution is -0.394. The highest BCUT2D eigenvalue weighted by Crippen LogP contribution is 2.37. The molecule has 156 valence electrons. The lowest BCUT2D eigenvalue weighted by Crippen LogP contribution is -2.36. The van der Waals surface area contributed by atoms with Crippen molar-refractivity contribution in [2.75, 3.05) is 0 Å². The van der Waals surface area contributed by atoms with Crippen molar-refractivity contribution < 1.29 is 19.5 Å². The minimum atomic E-state index is -0.661. The standard InChI is InChI=1S/C19H24N4O6/c24-19(20-13-6-2-1-3-7-13)29-21-17-9-5-4-8-15(17)16-11-10-14(22(25)26)12-18(16)23(27)28/h10-13,15H,1-9H2,(H,20,24)/b21-17-/t15-/m1/s1. The number of hydrogen-bond acceptors (Lipinski definition) is 7. The number of amides is 1. The van der Waals surface area contributed by atoms with Gasteiger partial charge in [-0.15, -0.1) is 0 Å². The Balaban J connectivity index is 1.77. The molecule has 2 aliphatic carbocycles. The lowest BCUT2D eigenvalue weighted by atomic mass is 9.81.